The molecule has 0 radical (unpaired) electrons. The number of aliphatic carboxylic acids is 1. The van der Waals surface area contributed by atoms with E-state index in [0.29, 0.717) is 12.8 Å². The molecule has 0 saturated heterocycles. The van der Waals surface area contributed by atoms with Gasteiger partial charge >= 0.3 is 0 Å². The van der Waals surface area contributed by atoms with Crippen LogP contribution in [-0.4, -0.2) is 17.3 Å². The summed E-state index contributed by atoms with van der Waals surface area (Å²) in [4.78, 5) is 14.7. The Balaban J connectivity index is 3.79. The fourth-order valence-corrected chi connectivity index (χ4v) is 2.02. The molecule has 0 fully saturated rings. The van der Waals surface area contributed by atoms with Crippen LogP contribution in [0.1, 0.15) is 64.7 Å². The van der Waals surface area contributed by atoms with Gasteiger partial charge in [-0.3, -0.25) is 5.26 Å². The van der Waals surface area contributed by atoms with E-state index >= 15 is 0 Å². The Morgan fingerprint density at radius 3 is 2.50 bits per heavy atom. The molecule has 0 heterocycles. The van der Waals surface area contributed by atoms with Gasteiger partial charge in [0.25, 0.3) is 0 Å². The third-order valence-electron chi connectivity index (χ3n) is 3.41. The molecule has 0 bridgehead atoms. The van der Waals surface area contributed by atoms with Gasteiger partial charge in [-0.2, -0.15) is 0 Å². The number of allylic oxidation sites excluding steroid dienone is 6. The number of carbonyl (C=O) groups is 1. The van der Waals surface area contributed by atoms with E-state index in [9.17, 15) is 9.90 Å². The molecule has 0 aliphatic rings. The van der Waals surface area contributed by atoms with Crippen LogP contribution in [-0.2, 0) is 9.68 Å². The van der Waals surface area contributed by atoms with Crippen molar-refractivity contribution in [2.24, 2.45) is 0 Å². The number of carboxylic acid groups (broad SMARTS) is 1. The number of hydrogen-bond donors (Lipinski definition) is 1. The Morgan fingerprint density at radius 1 is 1.04 bits per heavy atom. The van der Waals surface area contributed by atoms with Crippen LogP contribution in [0.4, 0.5) is 0 Å². The number of rotatable bonds is 15. The van der Waals surface area contributed by atoms with Crippen molar-refractivity contribution in [3.8, 4) is 0 Å². The van der Waals surface area contributed by atoms with Crippen molar-refractivity contribution in [2.45, 2.75) is 70.8 Å². The summed E-state index contributed by atoms with van der Waals surface area (Å²) < 4.78 is 0. The highest BCUT2D eigenvalue weighted by Gasteiger charge is 1.99. The zero-order chi connectivity index (χ0) is 17.9. The van der Waals surface area contributed by atoms with Crippen molar-refractivity contribution < 1.29 is 20.0 Å². The fourth-order valence-electron chi connectivity index (χ4n) is 2.02. The molecule has 1 N–H and O–H groups in total. The maximum absolute atomic E-state index is 10.2. The maximum Gasteiger partial charge on any atom is 0.115 e. The molecule has 24 heavy (non-hydrogen) atoms. The first-order chi connectivity index (χ1) is 11.7. The normalized spacial score (nSPS) is 13.8. The summed E-state index contributed by atoms with van der Waals surface area (Å²) in [5, 5.41) is 19.1. The Morgan fingerprint density at radius 2 is 1.79 bits per heavy atom. The lowest BCUT2D eigenvalue weighted by molar-refractivity contribution is -0.305. The van der Waals surface area contributed by atoms with Crippen LogP contribution in [0.15, 0.2) is 48.6 Å². The number of unbranched alkanes of at least 4 members (excludes halogenated alkanes) is 4. The minimum absolute atomic E-state index is 0.106. The van der Waals surface area contributed by atoms with Gasteiger partial charge < -0.3 is 9.90 Å². The van der Waals surface area contributed by atoms with Crippen molar-refractivity contribution in [3.05, 3.63) is 48.6 Å². The van der Waals surface area contributed by atoms with E-state index in [1.54, 1.807) is 0 Å². The summed E-state index contributed by atoms with van der Waals surface area (Å²) in [5.74, 6) is -0.998. The first kappa shape index (κ1) is 22.4. The minimum atomic E-state index is -0.998. The third-order valence-corrected chi connectivity index (χ3v) is 3.41. The molecule has 136 valence electrons. The van der Waals surface area contributed by atoms with E-state index in [0.717, 1.165) is 19.3 Å². The molecule has 0 aliphatic carbocycles. The van der Waals surface area contributed by atoms with Crippen molar-refractivity contribution >= 4 is 5.97 Å². The summed E-state index contributed by atoms with van der Waals surface area (Å²) in [7, 11) is 0. The van der Waals surface area contributed by atoms with E-state index in [-0.39, 0.29) is 12.5 Å². The first-order valence-corrected chi connectivity index (χ1v) is 8.84. The van der Waals surface area contributed by atoms with E-state index in [2.05, 4.69) is 17.9 Å². The summed E-state index contributed by atoms with van der Waals surface area (Å²) >= 11 is 0. The lowest BCUT2D eigenvalue weighted by Gasteiger charge is -2.04. The second kappa shape index (κ2) is 17.7. The average Bonchev–Trinajstić information content (AvgIpc) is 2.57. The molecule has 0 saturated carbocycles. The average molecular weight is 335 g/mol. The topological polar surface area (TPSA) is 69.6 Å². The monoisotopic (exact) mass is 335 g/mol. The second-order valence-electron chi connectivity index (χ2n) is 5.63. The minimum Gasteiger partial charge on any atom is -0.550 e. The predicted molar refractivity (Wildman–Crippen MR) is 96.3 cm³/mol. The Bertz CT molecular complexity index is 408. The molecule has 0 aromatic rings. The molecule has 0 aliphatic heterocycles. The van der Waals surface area contributed by atoms with E-state index in [1.165, 1.54) is 19.3 Å². The van der Waals surface area contributed by atoms with Crippen LogP contribution in [0.3, 0.4) is 0 Å². The molecule has 4 heteroatoms. The fraction of sp³-hybridized carbons (Fsp3) is 0.550. The molecule has 4 nitrogen and oxygen atoms in total. The first-order valence-electron chi connectivity index (χ1n) is 8.84. The standard InChI is InChI=1S/C20H32O4/c1-2-3-4-5-7-10-13-16-19(24-23)17-14-11-8-6-9-12-15-18-20(21)22/h6-7,9-11,13-14,16,19,23H,2-5,8,12,15,17-18H2,1H3,(H,21,22)/p-1. The number of carboxylic acids is 1. The van der Waals surface area contributed by atoms with E-state index < -0.39 is 5.97 Å². The quantitative estimate of drug-likeness (QED) is 0.159. The van der Waals surface area contributed by atoms with Gasteiger partial charge in [0.2, 0.25) is 0 Å². The van der Waals surface area contributed by atoms with Gasteiger partial charge in [-0.25, -0.2) is 4.89 Å². The lowest BCUT2D eigenvalue weighted by Crippen LogP contribution is -2.21. The molecule has 0 aromatic carbocycles. The van der Waals surface area contributed by atoms with Gasteiger partial charge in [-0.15, -0.1) is 0 Å². The highest BCUT2D eigenvalue weighted by Crippen LogP contribution is 2.04. The Kier molecular flexibility index (Phi) is 16.5. The predicted octanol–water partition coefficient (Wildman–Crippen LogP) is 4.35. The zero-order valence-corrected chi connectivity index (χ0v) is 14.7. The Labute approximate surface area is 146 Å². The van der Waals surface area contributed by atoms with Gasteiger partial charge in [-0.05, 0) is 44.9 Å². The van der Waals surface area contributed by atoms with Crippen molar-refractivity contribution in [3.63, 3.8) is 0 Å². The van der Waals surface area contributed by atoms with E-state index in [4.69, 9.17) is 5.26 Å². The molecule has 0 spiro atoms. The molecule has 1 unspecified atom stereocenters. The third kappa shape index (κ3) is 16.7. The van der Waals surface area contributed by atoms with Crippen molar-refractivity contribution in [1.82, 2.24) is 0 Å². The maximum atomic E-state index is 10.2. The summed E-state index contributed by atoms with van der Waals surface area (Å²) in [6, 6.07) is 0. The molecule has 1 atom stereocenters. The molecule has 0 rings (SSSR count). The zero-order valence-electron chi connectivity index (χ0n) is 14.7. The number of hydrogen-bond acceptors (Lipinski definition) is 4. The van der Waals surface area contributed by atoms with Crippen LogP contribution in [0, 0.1) is 0 Å². The largest absolute Gasteiger partial charge is 0.550 e. The molecular weight excluding hydrogens is 304 g/mol. The highest BCUT2D eigenvalue weighted by molar-refractivity contribution is 5.64. The van der Waals surface area contributed by atoms with Gasteiger partial charge in [0.1, 0.15) is 6.10 Å². The SMILES string of the molecule is CCCCCC=CC=CC(CC=CCC=CCCCC(=O)[O-])OO. The van der Waals surface area contributed by atoms with E-state index in [1.807, 2.05) is 42.5 Å². The molecule has 0 aromatic heterocycles. The van der Waals surface area contributed by atoms with Gasteiger partial charge in [0, 0.05) is 5.97 Å². The van der Waals surface area contributed by atoms with Crippen LogP contribution >= 0.6 is 0 Å². The van der Waals surface area contributed by atoms with Crippen LogP contribution < -0.4 is 5.11 Å². The van der Waals surface area contributed by atoms with Gasteiger partial charge in [0.15, 0.2) is 0 Å². The van der Waals surface area contributed by atoms with Crippen molar-refractivity contribution in [2.75, 3.05) is 0 Å². The van der Waals surface area contributed by atoms with Crippen LogP contribution in [0.25, 0.3) is 0 Å². The summed E-state index contributed by atoms with van der Waals surface area (Å²) in [6.07, 6.45) is 23.1. The summed E-state index contributed by atoms with van der Waals surface area (Å²) in [6.45, 7) is 2.19. The molecule has 0 amide bonds. The Hall–Kier alpha value is -1.65. The van der Waals surface area contributed by atoms with Crippen LogP contribution in [0.2, 0.25) is 0 Å². The van der Waals surface area contributed by atoms with Crippen molar-refractivity contribution in [1.29, 1.82) is 0 Å². The van der Waals surface area contributed by atoms with Gasteiger partial charge in [0.05, 0.1) is 0 Å². The second-order valence-corrected chi connectivity index (χ2v) is 5.63. The van der Waals surface area contributed by atoms with Gasteiger partial charge in [-0.1, -0.05) is 68.4 Å². The highest BCUT2D eigenvalue weighted by atomic mass is 17.1. The summed E-state index contributed by atoms with van der Waals surface area (Å²) in [5.41, 5.74) is 0. The number of carbonyl (C=O) groups excluding carboxylic acids is 1. The smallest absolute Gasteiger partial charge is 0.115 e. The van der Waals surface area contributed by atoms with Crippen LogP contribution in [0.5, 0.6) is 0 Å². The lowest BCUT2D eigenvalue weighted by atomic mass is 10.2. The molecular formula is C20H31O4-.